The highest BCUT2D eigenvalue weighted by Crippen LogP contribution is 2.28. The Hall–Kier alpha value is -1.84. The Balaban J connectivity index is 1.61. The number of benzene rings is 1. The van der Waals surface area contributed by atoms with Gasteiger partial charge < -0.3 is 9.80 Å². The lowest BCUT2D eigenvalue weighted by molar-refractivity contribution is -0.144. The SMILES string of the molecule is Cc1ccc(CN(C)C(=O)[C@H]2CCC(=O)N(C3CCCCCC3)C2)cc1. The number of hydrogen-bond donors (Lipinski definition) is 0. The predicted octanol–water partition coefficient (Wildman–Crippen LogP) is 3.91. The Morgan fingerprint density at radius 2 is 1.73 bits per heavy atom. The van der Waals surface area contributed by atoms with Crippen LogP contribution in [-0.2, 0) is 16.1 Å². The first kappa shape index (κ1) is 18.9. The molecule has 142 valence electrons. The summed E-state index contributed by atoms with van der Waals surface area (Å²) in [7, 11) is 1.88. The minimum Gasteiger partial charge on any atom is -0.341 e. The van der Waals surface area contributed by atoms with Gasteiger partial charge in [-0.2, -0.15) is 0 Å². The van der Waals surface area contributed by atoms with Gasteiger partial charge in [0.25, 0.3) is 0 Å². The summed E-state index contributed by atoms with van der Waals surface area (Å²) in [6, 6.07) is 8.69. The Morgan fingerprint density at radius 1 is 1.08 bits per heavy atom. The van der Waals surface area contributed by atoms with E-state index in [-0.39, 0.29) is 17.7 Å². The first-order chi connectivity index (χ1) is 12.5. The van der Waals surface area contributed by atoms with Gasteiger partial charge in [0.15, 0.2) is 0 Å². The number of piperidine rings is 1. The second kappa shape index (κ2) is 8.70. The minimum absolute atomic E-state index is 0.0496. The molecule has 26 heavy (non-hydrogen) atoms. The van der Waals surface area contributed by atoms with E-state index in [1.165, 1.54) is 31.2 Å². The number of hydrogen-bond acceptors (Lipinski definition) is 2. The predicted molar refractivity (Wildman–Crippen MR) is 104 cm³/mol. The van der Waals surface area contributed by atoms with Crippen LogP contribution in [0.15, 0.2) is 24.3 Å². The van der Waals surface area contributed by atoms with Crippen molar-refractivity contribution >= 4 is 11.8 Å². The van der Waals surface area contributed by atoms with E-state index in [2.05, 4.69) is 31.2 Å². The molecule has 4 nitrogen and oxygen atoms in total. The van der Waals surface area contributed by atoms with Gasteiger partial charge in [-0.05, 0) is 31.7 Å². The molecule has 2 fully saturated rings. The van der Waals surface area contributed by atoms with Crippen LogP contribution in [0.4, 0.5) is 0 Å². The van der Waals surface area contributed by atoms with Crippen molar-refractivity contribution in [1.82, 2.24) is 9.80 Å². The maximum atomic E-state index is 13.0. The monoisotopic (exact) mass is 356 g/mol. The average molecular weight is 357 g/mol. The molecule has 1 aromatic rings. The summed E-state index contributed by atoms with van der Waals surface area (Å²) >= 11 is 0. The van der Waals surface area contributed by atoms with Crippen molar-refractivity contribution in [3.8, 4) is 0 Å². The van der Waals surface area contributed by atoms with Crippen LogP contribution in [0, 0.1) is 12.8 Å². The highest BCUT2D eigenvalue weighted by molar-refractivity contribution is 5.84. The number of aryl methyl sites for hydroxylation is 1. The average Bonchev–Trinajstić information content (AvgIpc) is 2.93. The van der Waals surface area contributed by atoms with E-state index in [1.54, 1.807) is 0 Å². The molecule has 1 saturated heterocycles. The molecule has 1 aromatic carbocycles. The molecule has 0 bridgehead atoms. The van der Waals surface area contributed by atoms with E-state index in [0.717, 1.165) is 18.4 Å². The fraction of sp³-hybridized carbons (Fsp3) is 0.636. The fourth-order valence-electron chi connectivity index (χ4n) is 4.35. The third-order valence-electron chi connectivity index (χ3n) is 5.98. The van der Waals surface area contributed by atoms with Gasteiger partial charge in [-0.15, -0.1) is 0 Å². The van der Waals surface area contributed by atoms with Crippen molar-refractivity contribution in [1.29, 1.82) is 0 Å². The van der Waals surface area contributed by atoms with Crippen molar-refractivity contribution in [3.05, 3.63) is 35.4 Å². The molecule has 0 N–H and O–H groups in total. The van der Waals surface area contributed by atoms with Crippen molar-refractivity contribution < 1.29 is 9.59 Å². The smallest absolute Gasteiger partial charge is 0.227 e. The van der Waals surface area contributed by atoms with Crippen LogP contribution >= 0.6 is 0 Å². The van der Waals surface area contributed by atoms with Crippen molar-refractivity contribution in [2.75, 3.05) is 13.6 Å². The maximum absolute atomic E-state index is 13.0. The van der Waals surface area contributed by atoms with E-state index in [9.17, 15) is 9.59 Å². The van der Waals surface area contributed by atoms with Gasteiger partial charge in [0.2, 0.25) is 11.8 Å². The highest BCUT2D eigenvalue weighted by atomic mass is 16.2. The fourth-order valence-corrected chi connectivity index (χ4v) is 4.35. The molecule has 1 heterocycles. The molecule has 0 radical (unpaired) electrons. The topological polar surface area (TPSA) is 40.6 Å². The second-order valence-electron chi connectivity index (χ2n) is 8.11. The van der Waals surface area contributed by atoms with Crippen molar-refractivity contribution in [2.45, 2.75) is 70.9 Å². The summed E-state index contributed by atoms with van der Waals surface area (Å²) in [5, 5.41) is 0. The molecular formula is C22H32N2O2. The van der Waals surface area contributed by atoms with Gasteiger partial charge >= 0.3 is 0 Å². The lowest BCUT2D eigenvalue weighted by Crippen LogP contribution is -2.50. The molecule has 1 saturated carbocycles. The van der Waals surface area contributed by atoms with Gasteiger partial charge in [0.05, 0.1) is 5.92 Å². The number of carbonyl (C=O) groups excluding carboxylic acids is 2. The molecule has 0 spiro atoms. The molecule has 0 aromatic heterocycles. The number of likely N-dealkylation sites (tertiary alicyclic amines) is 1. The number of carbonyl (C=O) groups is 2. The lowest BCUT2D eigenvalue weighted by atomic mass is 9.93. The van der Waals surface area contributed by atoms with Crippen LogP contribution in [0.2, 0.25) is 0 Å². The van der Waals surface area contributed by atoms with Gasteiger partial charge in [-0.25, -0.2) is 0 Å². The zero-order chi connectivity index (χ0) is 18.5. The molecule has 4 heteroatoms. The molecule has 1 aliphatic heterocycles. The maximum Gasteiger partial charge on any atom is 0.227 e. The third kappa shape index (κ3) is 4.66. The van der Waals surface area contributed by atoms with Crippen LogP contribution in [0.25, 0.3) is 0 Å². The molecule has 3 rings (SSSR count). The summed E-state index contributed by atoms with van der Waals surface area (Å²) in [6.07, 6.45) is 8.39. The molecule has 2 aliphatic rings. The van der Waals surface area contributed by atoms with Gasteiger partial charge in [-0.1, -0.05) is 55.5 Å². The molecule has 2 amide bonds. The number of rotatable bonds is 4. The molecule has 1 atom stereocenters. The highest BCUT2D eigenvalue weighted by Gasteiger charge is 2.35. The molecule has 1 aliphatic carbocycles. The largest absolute Gasteiger partial charge is 0.341 e. The van der Waals surface area contributed by atoms with Gasteiger partial charge in [0.1, 0.15) is 0 Å². The summed E-state index contributed by atoms with van der Waals surface area (Å²) < 4.78 is 0. The minimum atomic E-state index is -0.0496. The Bertz CT molecular complexity index is 618. The van der Waals surface area contributed by atoms with E-state index >= 15 is 0 Å². The normalized spacial score (nSPS) is 22.2. The summed E-state index contributed by atoms with van der Waals surface area (Å²) in [6.45, 7) is 3.31. The summed E-state index contributed by atoms with van der Waals surface area (Å²) in [5.74, 6) is 0.380. The second-order valence-corrected chi connectivity index (χ2v) is 8.11. The molecular weight excluding hydrogens is 324 g/mol. The van der Waals surface area contributed by atoms with Crippen LogP contribution in [0.5, 0.6) is 0 Å². The summed E-state index contributed by atoms with van der Waals surface area (Å²) in [5.41, 5.74) is 2.38. The lowest BCUT2D eigenvalue weighted by Gasteiger charge is -2.38. The van der Waals surface area contributed by atoms with E-state index in [4.69, 9.17) is 0 Å². The Labute approximate surface area is 157 Å². The van der Waals surface area contributed by atoms with Crippen LogP contribution < -0.4 is 0 Å². The number of nitrogens with zero attached hydrogens (tertiary/aromatic N) is 2. The van der Waals surface area contributed by atoms with Crippen molar-refractivity contribution in [3.63, 3.8) is 0 Å². The Kier molecular flexibility index (Phi) is 6.33. The molecule has 0 unspecified atom stereocenters. The van der Waals surface area contributed by atoms with E-state index in [1.807, 2.05) is 16.8 Å². The Morgan fingerprint density at radius 3 is 2.38 bits per heavy atom. The van der Waals surface area contributed by atoms with E-state index < -0.39 is 0 Å². The van der Waals surface area contributed by atoms with Gasteiger partial charge in [-0.3, -0.25) is 9.59 Å². The van der Waals surface area contributed by atoms with Crippen LogP contribution in [-0.4, -0.2) is 41.2 Å². The van der Waals surface area contributed by atoms with Crippen LogP contribution in [0.1, 0.15) is 62.5 Å². The van der Waals surface area contributed by atoms with Crippen molar-refractivity contribution in [2.24, 2.45) is 5.92 Å². The van der Waals surface area contributed by atoms with Crippen LogP contribution in [0.3, 0.4) is 0 Å². The number of amides is 2. The first-order valence-corrected chi connectivity index (χ1v) is 10.1. The third-order valence-corrected chi connectivity index (χ3v) is 5.98. The standard InChI is InChI=1S/C22H32N2O2/c1-17-9-11-18(12-10-17)15-23(2)22(26)19-13-14-21(25)24(16-19)20-7-5-3-4-6-8-20/h9-12,19-20H,3-8,13-16H2,1-2H3/t19-/m0/s1. The summed E-state index contributed by atoms with van der Waals surface area (Å²) in [4.78, 5) is 29.3. The zero-order valence-corrected chi connectivity index (χ0v) is 16.2. The quantitative estimate of drug-likeness (QED) is 0.767. The first-order valence-electron chi connectivity index (χ1n) is 10.1. The van der Waals surface area contributed by atoms with E-state index in [0.29, 0.717) is 32.0 Å². The zero-order valence-electron chi connectivity index (χ0n) is 16.2. The van der Waals surface area contributed by atoms with Gasteiger partial charge in [0, 0.05) is 32.6 Å².